The van der Waals surface area contributed by atoms with Crippen molar-refractivity contribution in [3.05, 3.63) is 47.8 Å². The molecule has 6 heteroatoms. The Morgan fingerprint density at radius 1 is 1.19 bits per heavy atom. The summed E-state index contributed by atoms with van der Waals surface area (Å²) in [5, 5.41) is 7.21. The first-order chi connectivity index (χ1) is 12.5. The van der Waals surface area contributed by atoms with E-state index in [0.29, 0.717) is 11.5 Å². The Kier molecular flexibility index (Phi) is 5.71. The molecule has 6 nitrogen and oxygen atoms in total. The SMILES string of the molecule is Cc1ccnn1-c1ccc(C(=O)OCC(=O)N[C@H]2CCCC[C@H]2C)cc1. The van der Waals surface area contributed by atoms with Crippen molar-refractivity contribution in [2.24, 2.45) is 5.92 Å². The van der Waals surface area contributed by atoms with Crippen LogP contribution in [-0.2, 0) is 9.53 Å². The van der Waals surface area contributed by atoms with Gasteiger partial charge >= 0.3 is 5.97 Å². The number of hydrogen-bond acceptors (Lipinski definition) is 4. The van der Waals surface area contributed by atoms with E-state index in [-0.39, 0.29) is 18.6 Å². The summed E-state index contributed by atoms with van der Waals surface area (Å²) in [6.07, 6.45) is 6.21. The van der Waals surface area contributed by atoms with Gasteiger partial charge in [-0.15, -0.1) is 0 Å². The number of benzene rings is 1. The van der Waals surface area contributed by atoms with Crippen molar-refractivity contribution in [3.63, 3.8) is 0 Å². The molecule has 2 aromatic rings. The minimum atomic E-state index is -0.499. The molecule has 1 aliphatic rings. The van der Waals surface area contributed by atoms with Crippen LogP contribution in [0.5, 0.6) is 0 Å². The number of hydrogen-bond donors (Lipinski definition) is 1. The van der Waals surface area contributed by atoms with Crippen LogP contribution in [0.4, 0.5) is 0 Å². The highest BCUT2D eigenvalue weighted by Gasteiger charge is 2.23. The normalized spacial score (nSPS) is 19.8. The van der Waals surface area contributed by atoms with Gasteiger partial charge in [-0.1, -0.05) is 19.8 Å². The van der Waals surface area contributed by atoms with Crippen LogP contribution in [-0.4, -0.2) is 34.3 Å². The Morgan fingerprint density at radius 2 is 1.92 bits per heavy atom. The number of nitrogens with one attached hydrogen (secondary N) is 1. The fraction of sp³-hybridized carbons (Fsp3) is 0.450. The van der Waals surface area contributed by atoms with Gasteiger partial charge in [0.2, 0.25) is 0 Å². The van der Waals surface area contributed by atoms with Gasteiger partial charge in [0.15, 0.2) is 6.61 Å². The predicted octanol–water partition coefficient (Wildman–Crippen LogP) is 3.03. The topological polar surface area (TPSA) is 73.2 Å². The van der Waals surface area contributed by atoms with E-state index < -0.39 is 5.97 Å². The van der Waals surface area contributed by atoms with Crippen molar-refractivity contribution >= 4 is 11.9 Å². The van der Waals surface area contributed by atoms with E-state index in [1.165, 1.54) is 6.42 Å². The molecule has 0 unspecified atom stereocenters. The van der Waals surface area contributed by atoms with Gasteiger partial charge < -0.3 is 10.1 Å². The largest absolute Gasteiger partial charge is 0.452 e. The molecule has 0 bridgehead atoms. The van der Waals surface area contributed by atoms with Crippen molar-refractivity contribution in [1.82, 2.24) is 15.1 Å². The minimum absolute atomic E-state index is 0.187. The molecule has 1 fully saturated rings. The van der Waals surface area contributed by atoms with Gasteiger partial charge in [-0.25, -0.2) is 9.48 Å². The van der Waals surface area contributed by atoms with E-state index in [0.717, 1.165) is 30.6 Å². The summed E-state index contributed by atoms with van der Waals surface area (Å²) in [5.74, 6) is -0.261. The zero-order valence-corrected chi connectivity index (χ0v) is 15.3. The third-order valence-electron chi connectivity index (χ3n) is 4.97. The lowest BCUT2D eigenvalue weighted by molar-refractivity contribution is -0.125. The number of aromatic nitrogens is 2. The number of amides is 1. The minimum Gasteiger partial charge on any atom is -0.452 e. The molecular weight excluding hydrogens is 330 g/mol. The molecule has 138 valence electrons. The number of nitrogens with zero attached hydrogens (tertiary/aromatic N) is 2. The first kappa shape index (κ1) is 18.2. The molecule has 1 aromatic carbocycles. The van der Waals surface area contributed by atoms with E-state index in [4.69, 9.17) is 4.74 Å². The zero-order valence-electron chi connectivity index (χ0n) is 15.3. The van der Waals surface area contributed by atoms with Crippen LogP contribution in [0.25, 0.3) is 5.69 Å². The monoisotopic (exact) mass is 355 g/mol. The van der Waals surface area contributed by atoms with Crippen molar-refractivity contribution in [3.8, 4) is 5.69 Å². The van der Waals surface area contributed by atoms with Crippen LogP contribution in [0.1, 0.15) is 48.7 Å². The van der Waals surface area contributed by atoms with Crippen LogP contribution in [0, 0.1) is 12.8 Å². The van der Waals surface area contributed by atoms with Crippen LogP contribution < -0.4 is 5.32 Å². The van der Waals surface area contributed by atoms with Gasteiger partial charge in [-0.05, 0) is 56.0 Å². The van der Waals surface area contributed by atoms with Crippen LogP contribution in [0.3, 0.4) is 0 Å². The van der Waals surface area contributed by atoms with Crippen LogP contribution in [0.15, 0.2) is 36.5 Å². The third-order valence-corrected chi connectivity index (χ3v) is 4.97. The number of ether oxygens (including phenoxy) is 1. The molecule has 2 atom stereocenters. The van der Waals surface area contributed by atoms with Crippen molar-refractivity contribution in [2.45, 2.75) is 45.6 Å². The molecular formula is C20H25N3O3. The Labute approximate surface area is 153 Å². The second kappa shape index (κ2) is 8.17. The lowest BCUT2D eigenvalue weighted by Gasteiger charge is -2.29. The van der Waals surface area contributed by atoms with Crippen molar-refractivity contribution in [2.75, 3.05) is 6.61 Å². The summed E-state index contributed by atoms with van der Waals surface area (Å²) < 4.78 is 6.93. The van der Waals surface area contributed by atoms with Crippen molar-refractivity contribution in [1.29, 1.82) is 0 Å². The van der Waals surface area contributed by atoms with E-state index >= 15 is 0 Å². The lowest BCUT2D eigenvalue weighted by atomic mass is 9.86. The Bertz CT molecular complexity index is 767. The molecule has 1 aromatic heterocycles. The highest BCUT2D eigenvalue weighted by molar-refractivity contribution is 5.91. The molecule has 1 heterocycles. The van der Waals surface area contributed by atoms with Crippen molar-refractivity contribution < 1.29 is 14.3 Å². The summed E-state index contributed by atoms with van der Waals surface area (Å²) in [7, 11) is 0. The predicted molar refractivity (Wildman–Crippen MR) is 98.1 cm³/mol. The number of aryl methyl sites for hydroxylation is 1. The van der Waals surface area contributed by atoms with Gasteiger partial charge in [0, 0.05) is 17.9 Å². The maximum Gasteiger partial charge on any atom is 0.338 e. The average molecular weight is 355 g/mol. The van der Waals surface area contributed by atoms with Crippen LogP contribution >= 0.6 is 0 Å². The van der Waals surface area contributed by atoms with E-state index in [1.54, 1.807) is 35.1 Å². The number of carbonyl (C=O) groups is 2. The molecule has 0 saturated heterocycles. The molecule has 1 amide bonds. The van der Waals surface area contributed by atoms with Gasteiger partial charge in [-0.3, -0.25) is 4.79 Å². The standard InChI is InChI=1S/C20H25N3O3/c1-14-5-3-4-6-18(14)22-19(24)13-26-20(25)16-7-9-17(10-8-16)23-15(2)11-12-21-23/h7-12,14,18H,3-6,13H2,1-2H3,(H,22,24)/t14-,18+/m1/s1. The molecule has 1 N–H and O–H groups in total. The van der Waals surface area contributed by atoms with Gasteiger partial charge in [-0.2, -0.15) is 5.10 Å². The van der Waals surface area contributed by atoms with Gasteiger partial charge in [0.1, 0.15) is 0 Å². The highest BCUT2D eigenvalue weighted by Crippen LogP contribution is 2.23. The second-order valence-corrected chi connectivity index (χ2v) is 6.94. The third kappa shape index (κ3) is 4.31. The molecule has 26 heavy (non-hydrogen) atoms. The Balaban J connectivity index is 1.51. The summed E-state index contributed by atoms with van der Waals surface area (Å²) in [5.41, 5.74) is 2.29. The summed E-state index contributed by atoms with van der Waals surface area (Å²) in [4.78, 5) is 24.2. The Morgan fingerprint density at radius 3 is 2.58 bits per heavy atom. The zero-order chi connectivity index (χ0) is 18.5. The smallest absolute Gasteiger partial charge is 0.338 e. The number of carbonyl (C=O) groups excluding carboxylic acids is 2. The van der Waals surface area contributed by atoms with Gasteiger partial charge in [0.05, 0.1) is 11.3 Å². The van der Waals surface area contributed by atoms with Gasteiger partial charge in [0.25, 0.3) is 5.91 Å². The molecule has 3 rings (SSSR count). The summed E-state index contributed by atoms with van der Waals surface area (Å²) >= 11 is 0. The lowest BCUT2D eigenvalue weighted by Crippen LogP contribution is -2.42. The maximum absolute atomic E-state index is 12.1. The molecule has 1 aliphatic carbocycles. The van der Waals surface area contributed by atoms with E-state index in [1.807, 2.05) is 13.0 Å². The first-order valence-electron chi connectivity index (χ1n) is 9.12. The quantitative estimate of drug-likeness (QED) is 0.837. The number of rotatable bonds is 5. The Hall–Kier alpha value is -2.63. The fourth-order valence-electron chi connectivity index (χ4n) is 3.37. The molecule has 0 radical (unpaired) electrons. The summed E-state index contributed by atoms with van der Waals surface area (Å²) in [6.45, 7) is 3.86. The summed E-state index contributed by atoms with van der Waals surface area (Å²) in [6, 6.07) is 9.07. The molecule has 0 spiro atoms. The first-order valence-corrected chi connectivity index (χ1v) is 9.12. The van der Waals surface area contributed by atoms with E-state index in [2.05, 4.69) is 17.3 Å². The number of esters is 1. The molecule has 0 aliphatic heterocycles. The maximum atomic E-state index is 12.1. The average Bonchev–Trinajstić information content (AvgIpc) is 3.08. The fourth-order valence-corrected chi connectivity index (χ4v) is 3.37. The van der Waals surface area contributed by atoms with Crippen LogP contribution in [0.2, 0.25) is 0 Å². The molecule has 1 saturated carbocycles. The highest BCUT2D eigenvalue weighted by atomic mass is 16.5. The second-order valence-electron chi connectivity index (χ2n) is 6.94. The van der Waals surface area contributed by atoms with E-state index in [9.17, 15) is 9.59 Å².